The van der Waals surface area contributed by atoms with E-state index in [9.17, 15) is 22.8 Å². The Kier molecular flexibility index (Phi) is 4.89. The van der Waals surface area contributed by atoms with Gasteiger partial charge in [0.1, 0.15) is 12.6 Å². The summed E-state index contributed by atoms with van der Waals surface area (Å²) in [6.45, 7) is -0.291. The molecule has 0 aromatic carbocycles. The Morgan fingerprint density at radius 2 is 2.00 bits per heavy atom. The number of carbonyl (C=O) groups excluding carboxylic acids is 2. The lowest BCUT2D eigenvalue weighted by Crippen LogP contribution is -2.60. The van der Waals surface area contributed by atoms with E-state index in [0.717, 1.165) is 24.2 Å². The zero-order valence-corrected chi connectivity index (χ0v) is 13.3. The fourth-order valence-electron chi connectivity index (χ4n) is 3.86. The molecule has 136 valence electrons. The van der Waals surface area contributed by atoms with Crippen LogP contribution in [0, 0.1) is 0 Å². The number of nitrogens with zero attached hydrogens (tertiary/aromatic N) is 2. The Hall–Kier alpha value is -1.51. The minimum atomic E-state index is -4.43. The first-order valence-electron chi connectivity index (χ1n) is 8.39. The third-order valence-electron chi connectivity index (χ3n) is 4.94. The largest absolute Gasteiger partial charge is 0.406 e. The number of halogens is 3. The van der Waals surface area contributed by atoms with E-state index < -0.39 is 24.7 Å². The number of amides is 3. The molecule has 2 aliphatic heterocycles. The SMILES string of the molecule is O=C1C(NC(=O)N2CCO[C@H]3CCC[C@H]32)CCCN1CC(F)(F)F. The zero-order chi connectivity index (χ0) is 17.3. The molecule has 3 fully saturated rings. The molecule has 9 heteroatoms. The van der Waals surface area contributed by atoms with Gasteiger partial charge < -0.3 is 19.9 Å². The maximum absolute atomic E-state index is 12.5. The van der Waals surface area contributed by atoms with Gasteiger partial charge in [-0.25, -0.2) is 4.79 Å². The first kappa shape index (κ1) is 17.3. The van der Waals surface area contributed by atoms with Crippen LogP contribution < -0.4 is 5.32 Å². The Morgan fingerprint density at radius 1 is 1.21 bits per heavy atom. The van der Waals surface area contributed by atoms with Crippen molar-refractivity contribution in [2.45, 2.75) is 56.5 Å². The van der Waals surface area contributed by atoms with E-state index in [0.29, 0.717) is 26.0 Å². The smallest absolute Gasteiger partial charge is 0.374 e. The van der Waals surface area contributed by atoms with Gasteiger partial charge in [0.25, 0.3) is 0 Å². The Bertz CT molecular complexity index is 500. The molecule has 3 atom stereocenters. The maximum atomic E-state index is 12.5. The van der Waals surface area contributed by atoms with Crippen molar-refractivity contribution in [3.8, 4) is 0 Å². The van der Waals surface area contributed by atoms with E-state index in [4.69, 9.17) is 4.74 Å². The van der Waals surface area contributed by atoms with Crippen molar-refractivity contribution in [2.24, 2.45) is 0 Å². The van der Waals surface area contributed by atoms with Gasteiger partial charge in [0.05, 0.1) is 18.8 Å². The molecule has 2 saturated heterocycles. The molecule has 1 saturated carbocycles. The number of alkyl halides is 3. The van der Waals surface area contributed by atoms with Gasteiger partial charge in [0.2, 0.25) is 5.91 Å². The molecule has 0 radical (unpaired) electrons. The predicted molar refractivity (Wildman–Crippen MR) is 78.3 cm³/mol. The second-order valence-corrected chi connectivity index (χ2v) is 6.62. The Balaban J connectivity index is 1.60. The lowest BCUT2D eigenvalue weighted by atomic mass is 10.0. The van der Waals surface area contributed by atoms with E-state index >= 15 is 0 Å². The average Bonchev–Trinajstić information content (AvgIpc) is 2.98. The van der Waals surface area contributed by atoms with Gasteiger partial charge in [0.15, 0.2) is 0 Å². The molecule has 3 rings (SSSR count). The molecule has 1 aliphatic carbocycles. The number of rotatable bonds is 2. The van der Waals surface area contributed by atoms with Crippen LogP contribution >= 0.6 is 0 Å². The normalized spacial score (nSPS) is 31.1. The number of ether oxygens (including phenoxy) is 1. The predicted octanol–water partition coefficient (Wildman–Crippen LogP) is 1.50. The summed E-state index contributed by atoms with van der Waals surface area (Å²) in [6.07, 6.45) is -0.816. The first-order chi connectivity index (χ1) is 11.3. The molecule has 2 heterocycles. The minimum absolute atomic E-state index is 0.00345. The van der Waals surface area contributed by atoms with Crippen LogP contribution in [0.15, 0.2) is 0 Å². The summed E-state index contributed by atoms with van der Waals surface area (Å²) in [5.41, 5.74) is 0. The highest BCUT2D eigenvalue weighted by Gasteiger charge is 2.41. The second-order valence-electron chi connectivity index (χ2n) is 6.62. The van der Waals surface area contributed by atoms with Gasteiger partial charge >= 0.3 is 12.2 Å². The fourth-order valence-corrected chi connectivity index (χ4v) is 3.86. The van der Waals surface area contributed by atoms with Crippen molar-refractivity contribution in [3.05, 3.63) is 0 Å². The minimum Gasteiger partial charge on any atom is -0.374 e. The number of carbonyl (C=O) groups is 2. The molecule has 0 aromatic heterocycles. The van der Waals surface area contributed by atoms with Crippen LogP contribution in [0.25, 0.3) is 0 Å². The molecule has 6 nitrogen and oxygen atoms in total. The molecule has 1 N–H and O–H groups in total. The average molecular weight is 349 g/mol. The van der Waals surface area contributed by atoms with Gasteiger partial charge in [0, 0.05) is 13.1 Å². The number of nitrogens with one attached hydrogen (secondary N) is 1. The van der Waals surface area contributed by atoms with Crippen LogP contribution in [0.2, 0.25) is 0 Å². The van der Waals surface area contributed by atoms with Crippen molar-refractivity contribution in [2.75, 3.05) is 26.2 Å². The van der Waals surface area contributed by atoms with Crippen molar-refractivity contribution in [1.29, 1.82) is 0 Å². The fraction of sp³-hybridized carbons (Fsp3) is 0.867. The van der Waals surface area contributed by atoms with Crippen LogP contribution in [0.4, 0.5) is 18.0 Å². The van der Waals surface area contributed by atoms with E-state index in [1.54, 1.807) is 4.90 Å². The number of piperidine rings is 1. The van der Waals surface area contributed by atoms with Crippen LogP contribution in [0.1, 0.15) is 32.1 Å². The summed E-state index contributed by atoms with van der Waals surface area (Å²) in [6, 6.07) is -1.25. The number of fused-ring (bicyclic) bond motifs is 1. The number of urea groups is 1. The van der Waals surface area contributed by atoms with Gasteiger partial charge in [-0.15, -0.1) is 0 Å². The lowest BCUT2D eigenvalue weighted by Gasteiger charge is -2.39. The van der Waals surface area contributed by atoms with Gasteiger partial charge in [-0.3, -0.25) is 4.79 Å². The van der Waals surface area contributed by atoms with E-state index in [1.165, 1.54) is 0 Å². The molecule has 1 unspecified atom stereocenters. The quantitative estimate of drug-likeness (QED) is 0.822. The van der Waals surface area contributed by atoms with Crippen LogP contribution in [-0.2, 0) is 9.53 Å². The maximum Gasteiger partial charge on any atom is 0.406 e. The Morgan fingerprint density at radius 3 is 2.75 bits per heavy atom. The van der Waals surface area contributed by atoms with Gasteiger partial charge in [-0.05, 0) is 32.1 Å². The van der Waals surface area contributed by atoms with E-state index in [1.807, 2.05) is 0 Å². The highest BCUT2D eigenvalue weighted by Crippen LogP contribution is 2.30. The van der Waals surface area contributed by atoms with Crippen molar-refractivity contribution >= 4 is 11.9 Å². The number of hydrogen-bond acceptors (Lipinski definition) is 3. The van der Waals surface area contributed by atoms with Gasteiger partial charge in [-0.1, -0.05) is 0 Å². The summed E-state index contributed by atoms with van der Waals surface area (Å²) in [5.74, 6) is -0.650. The van der Waals surface area contributed by atoms with Crippen LogP contribution in [0.3, 0.4) is 0 Å². The zero-order valence-electron chi connectivity index (χ0n) is 13.3. The van der Waals surface area contributed by atoms with Crippen molar-refractivity contribution in [3.63, 3.8) is 0 Å². The number of hydrogen-bond donors (Lipinski definition) is 1. The standard InChI is InChI=1S/C15H22F3N3O3/c16-15(17,18)9-20-6-2-3-10(13(20)22)19-14(23)21-7-8-24-12-5-1-4-11(12)21/h10-12H,1-9H2,(H,19,23)/t10?,11-,12+/m1/s1. The molecule has 24 heavy (non-hydrogen) atoms. The van der Waals surface area contributed by atoms with Gasteiger partial charge in [-0.2, -0.15) is 13.2 Å². The summed E-state index contributed by atoms with van der Waals surface area (Å²) in [7, 11) is 0. The Labute approximate surface area is 138 Å². The topological polar surface area (TPSA) is 61.9 Å². The third kappa shape index (κ3) is 3.76. The highest BCUT2D eigenvalue weighted by atomic mass is 19.4. The van der Waals surface area contributed by atoms with Crippen molar-refractivity contribution < 1.29 is 27.5 Å². The molecule has 0 spiro atoms. The number of morpholine rings is 1. The van der Waals surface area contributed by atoms with Crippen LogP contribution in [0.5, 0.6) is 0 Å². The summed E-state index contributed by atoms with van der Waals surface area (Å²) < 4.78 is 43.3. The lowest BCUT2D eigenvalue weighted by molar-refractivity contribution is -0.164. The summed E-state index contributed by atoms with van der Waals surface area (Å²) in [4.78, 5) is 27.2. The number of likely N-dealkylation sites (tertiary alicyclic amines) is 1. The second kappa shape index (κ2) is 6.78. The summed E-state index contributed by atoms with van der Waals surface area (Å²) in [5, 5.41) is 2.64. The third-order valence-corrected chi connectivity index (χ3v) is 4.94. The highest BCUT2D eigenvalue weighted by molar-refractivity contribution is 5.87. The van der Waals surface area contributed by atoms with Crippen LogP contribution in [-0.4, -0.2) is 72.3 Å². The van der Waals surface area contributed by atoms with Crippen molar-refractivity contribution in [1.82, 2.24) is 15.1 Å². The molecular formula is C15H22F3N3O3. The summed E-state index contributed by atoms with van der Waals surface area (Å²) >= 11 is 0. The first-order valence-corrected chi connectivity index (χ1v) is 8.39. The molecule has 0 aromatic rings. The monoisotopic (exact) mass is 349 g/mol. The van der Waals surface area contributed by atoms with E-state index in [2.05, 4.69) is 5.32 Å². The van der Waals surface area contributed by atoms with E-state index in [-0.39, 0.29) is 24.7 Å². The molecule has 0 bridgehead atoms. The molecule has 3 aliphatic rings. The molecule has 3 amide bonds. The molecular weight excluding hydrogens is 327 g/mol.